The van der Waals surface area contributed by atoms with Crippen LogP contribution in [0.15, 0.2) is 53.0 Å². The van der Waals surface area contributed by atoms with Gasteiger partial charge in [-0.1, -0.05) is 28.1 Å². The van der Waals surface area contributed by atoms with E-state index in [-0.39, 0.29) is 5.91 Å². The molecule has 2 aromatic rings. The van der Waals surface area contributed by atoms with E-state index in [0.717, 1.165) is 28.6 Å². The Morgan fingerprint density at radius 1 is 1.15 bits per heavy atom. The van der Waals surface area contributed by atoms with Crippen LogP contribution in [0.5, 0.6) is 5.75 Å². The molecule has 2 saturated heterocycles. The fourth-order valence-electron chi connectivity index (χ4n) is 4.26. The summed E-state index contributed by atoms with van der Waals surface area (Å²) in [5.74, 6) is 0.833. The van der Waals surface area contributed by atoms with Gasteiger partial charge in [-0.25, -0.2) is 0 Å². The van der Waals surface area contributed by atoms with Gasteiger partial charge in [0.1, 0.15) is 11.9 Å². The number of ether oxygens (including phenoxy) is 1. The highest BCUT2D eigenvalue weighted by Gasteiger charge is 2.39. The molecule has 142 valence electrons. The molecule has 5 heteroatoms. The van der Waals surface area contributed by atoms with Gasteiger partial charge in [0.2, 0.25) is 0 Å². The van der Waals surface area contributed by atoms with Crippen molar-refractivity contribution >= 4 is 21.8 Å². The van der Waals surface area contributed by atoms with Gasteiger partial charge in [-0.2, -0.15) is 0 Å². The molecule has 0 radical (unpaired) electrons. The number of nitrogens with zero attached hydrogens (tertiary/aromatic N) is 1. The zero-order valence-electron chi connectivity index (χ0n) is 15.5. The van der Waals surface area contributed by atoms with Crippen molar-refractivity contribution in [2.45, 2.75) is 50.4 Å². The minimum absolute atomic E-state index is 0.0688. The van der Waals surface area contributed by atoms with Crippen LogP contribution in [0.1, 0.15) is 41.6 Å². The van der Waals surface area contributed by atoms with Crippen molar-refractivity contribution in [3.05, 3.63) is 64.1 Å². The van der Waals surface area contributed by atoms with Crippen LogP contribution in [0, 0.1) is 0 Å². The summed E-state index contributed by atoms with van der Waals surface area (Å²) in [6.07, 6.45) is 5.10. The van der Waals surface area contributed by atoms with E-state index in [1.807, 2.05) is 48.5 Å². The first-order chi connectivity index (χ1) is 13.1. The first kappa shape index (κ1) is 18.5. The Morgan fingerprint density at radius 3 is 2.56 bits per heavy atom. The van der Waals surface area contributed by atoms with Crippen molar-refractivity contribution in [2.75, 3.05) is 7.05 Å². The van der Waals surface area contributed by atoms with E-state index in [1.54, 1.807) is 0 Å². The van der Waals surface area contributed by atoms with Crippen molar-refractivity contribution < 1.29 is 9.53 Å². The van der Waals surface area contributed by atoms with Crippen LogP contribution in [-0.4, -0.2) is 36.0 Å². The highest BCUT2D eigenvalue weighted by atomic mass is 79.9. The van der Waals surface area contributed by atoms with Gasteiger partial charge in [0.05, 0.1) is 0 Å². The van der Waals surface area contributed by atoms with E-state index in [2.05, 4.69) is 33.2 Å². The summed E-state index contributed by atoms with van der Waals surface area (Å²) in [5.41, 5.74) is 1.71. The molecule has 2 fully saturated rings. The molecule has 2 aromatic carbocycles. The lowest BCUT2D eigenvalue weighted by Crippen LogP contribution is -2.43. The third-order valence-corrected chi connectivity index (χ3v) is 6.34. The number of hydrogen-bond donors (Lipinski definition) is 1. The molecule has 1 N–H and O–H groups in total. The maximum Gasteiger partial charge on any atom is 0.251 e. The molecule has 0 saturated carbocycles. The number of piperidine rings is 1. The smallest absolute Gasteiger partial charge is 0.251 e. The van der Waals surface area contributed by atoms with Crippen molar-refractivity contribution in [1.82, 2.24) is 10.2 Å². The molecule has 3 atom stereocenters. The van der Waals surface area contributed by atoms with Gasteiger partial charge in [-0.05, 0) is 74.7 Å². The molecule has 1 amide bonds. The fourth-order valence-corrected chi connectivity index (χ4v) is 4.53. The maximum atomic E-state index is 12.3. The number of carbonyl (C=O) groups excluding carboxylic acids is 1. The second-order valence-electron chi connectivity index (χ2n) is 7.60. The normalized spacial score (nSPS) is 24.6. The van der Waals surface area contributed by atoms with Gasteiger partial charge in [-0.3, -0.25) is 4.79 Å². The average Bonchev–Trinajstić information content (AvgIpc) is 2.88. The van der Waals surface area contributed by atoms with Gasteiger partial charge in [0.15, 0.2) is 0 Å². The number of halogens is 1. The van der Waals surface area contributed by atoms with E-state index < -0.39 is 0 Å². The monoisotopic (exact) mass is 428 g/mol. The molecule has 0 unspecified atom stereocenters. The van der Waals surface area contributed by atoms with Crippen LogP contribution >= 0.6 is 15.9 Å². The Bertz CT molecular complexity index is 794. The zero-order valence-corrected chi connectivity index (χ0v) is 17.1. The number of carbonyl (C=O) groups is 1. The molecule has 4 nitrogen and oxygen atoms in total. The SMILES string of the molecule is CN1[C@@H]2CC[C@H]1C[C@@H](Oc1cccc(CNC(=O)c3ccc(Br)cc3)c1)C2. The molecule has 2 aliphatic rings. The third kappa shape index (κ3) is 4.36. The van der Waals surface area contributed by atoms with E-state index in [4.69, 9.17) is 4.74 Å². The average molecular weight is 429 g/mol. The largest absolute Gasteiger partial charge is 0.490 e. The number of hydrogen-bond acceptors (Lipinski definition) is 3. The summed E-state index contributed by atoms with van der Waals surface area (Å²) in [6.45, 7) is 0.491. The highest BCUT2D eigenvalue weighted by molar-refractivity contribution is 9.10. The first-order valence-corrected chi connectivity index (χ1v) is 10.4. The molecular weight excluding hydrogens is 404 g/mol. The van der Waals surface area contributed by atoms with Gasteiger partial charge >= 0.3 is 0 Å². The van der Waals surface area contributed by atoms with E-state index in [1.165, 1.54) is 12.8 Å². The number of nitrogens with one attached hydrogen (secondary N) is 1. The number of amides is 1. The molecule has 2 bridgehead atoms. The van der Waals surface area contributed by atoms with Crippen LogP contribution in [0.3, 0.4) is 0 Å². The predicted molar refractivity (Wildman–Crippen MR) is 110 cm³/mol. The number of benzene rings is 2. The second-order valence-corrected chi connectivity index (χ2v) is 8.51. The molecule has 2 aliphatic heterocycles. The molecule has 4 rings (SSSR count). The standard InChI is InChI=1S/C22H25BrN2O2/c1-25-18-9-10-19(25)13-21(12-18)27-20-4-2-3-15(11-20)14-24-22(26)16-5-7-17(23)8-6-16/h2-8,11,18-19,21H,9-10,12-14H2,1H3,(H,24,26)/t18-,19+,21+. The Kier molecular flexibility index (Phi) is 5.50. The van der Waals surface area contributed by atoms with E-state index >= 15 is 0 Å². The molecule has 0 spiro atoms. The van der Waals surface area contributed by atoms with Crippen LogP contribution in [-0.2, 0) is 6.54 Å². The van der Waals surface area contributed by atoms with Crippen molar-refractivity contribution in [2.24, 2.45) is 0 Å². The second kappa shape index (κ2) is 8.03. The zero-order chi connectivity index (χ0) is 18.8. The summed E-state index contributed by atoms with van der Waals surface area (Å²) in [5, 5.41) is 2.98. The van der Waals surface area contributed by atoms with Crippen LogP contribution in [0.25, 0.3) is 0 Å². The Balaban J connectivity index is 1.34. The summed E-state index contributed by atoms with van der Waals surface area (Å²) >= 11 is 3.39. The van der Waals surface area contributed by atoms with E-state index in [9.17, 15) is 4.79 Å². The third-order valence-electron chi connectivity index (χ3n) is 5.82. The van der Waals surface area contributed by atoms with Crippen molar-refractivity contribution in [3.8, 4) is 5.75 Å². The number of rotatable bonds is 5. The maximum absolute atomic E-state index is 12.3. The lowest BCUT2D eigenvalue weighted by Gasteiger charge is -2.36. The minimum Gasteiger partial charge on any atom is -0.490 e. The van der Waals surface area contributed by atoms with Gasteiger partial charge in [0.25, 0.3) is 5.91 Å². The van der Waals surface area contributed by atoms with Gasteiger partial charge in [0, 0.05) is 28.7 Å². The quantitative estimate of drug-likeness (QED) is 0.767. The highest BCUT2D eigenvalue weighted by Crippen LogP contribution is 2.36. The molecule has 0 aromatic heterocycles. The van der Waals surface area contributed by atoms with Gasteiger partial charge in [-0.15, -0.1) is 0 Å². The van der Waals surface area contributed by atoms with Crippen LogP contribution in [0.2, 0.25) is 0 Å². The summed E-state index contributed by atoms with van der Waals surface area (Å²) in [4.78, 5) is 14.8. The summed E-state index contributed by atoms with van der Waals surface area (Å²) in [6, 6.07) is 16.8. The molecule has 2 heterocycles. The topological polar surface area (TPSA) is 41.6 Å². The van der Waals surface area contributed by atoms with Crippen LogP contribution < -0.4 is 10.1 Å². The first-order valence-electron chi connectivity index (χ1n) is 9.60. The van der Waals surface area contributed by atoms with Gasteiger partial charge < -0.3 is 15.0 Å². The lowest BCUT2D eigenvalue weighted by atomic mass is 10.0. The molecule has 0 aliphatic carbocycles. The molecular formula is C22H25BrN2O2. The Hall–Kier alpha value is -1.85. The van der Waals surface area contributed by atoms with Crippen molar-refractivity contribution in [1.29, 1.82) is 0 Å². The summed E-state index contributed by atoms with van der Waals surface area (Å²) < 4.78 is 7.25. The minimum atomic E-state index is -0.0688. The summed E-state index contributed by atoms with van der Waals surface area (Å²) in [7, 11) is 2.24. The Morgan fingerprint density at radius 2 is 1.85 bits per heavy atom. The Labute approximate surface area is 169 Å². The van der Waals surface area contributed by atoms with Crippen LogP contribution in [0.4, 0.5) is 0 Å². The van der Waals surface area contributed by atoms with E-state index in [0.29, 0.717) is 30.3 Å². The predicted octanol–water partition coefficient (Wildman–Crippen LogP) is 4.38. The van der Waals surface area contributed by atoms with Crippen molar-refractivity contribution in [3.63, 3.8) is 0 Å². The fraction of sp³-hybridized carbons (Fsp3) is 0.409. The molecule has 27 heavy (non-hydrogen) atoms. The lowest BCUT2D eigenvalue weighted by molar-refractivity contribution is 0.0661. The number of fused-ring (bicyclic) bond motifs is 2.